The second kappa shape index (κ2) is 8.71. The van der Waals surface area contributed by atoms with E-state index in [0.717, 1.165) is 50.1 Å². The molecule has 28 heavy (non-hydrogen) atoms. The number of benzene rings is 1. The van der Waals surface area contributed by atoms with Gasteiger partial charge in [-0.1, -0.05) is 43.0 Å². The Morgan fingerprint density at radius 3 is 2.43 bits per heavy atom. The van der Waals surface area contributed by atoms with Gasteiger partial charge < -0.3 is 9.73 Å². The number of hydrogen-bond donors (Lipinski definition) is 1. The Morgan fingerprint density at radius 1 is 1.07 bits per heavy atom. The molecule has 1 saturated carbocycles. The number of rotatable bonds is 6. The van der Waals surface area contributed by atoms with Crippen LogP contribution in [0.15, 0.2) is 47.1 Å². The molecule has 0 radical (unpaired) electrons. The molecule has 2 aromatic rings. The van der Waals surface area contributed by atoms with Gasteiger partial charge in [-0.15, -0.1) is 0 Å². The summed E-state index contributed by atoms with van der Waals surface area (Å²) in [5.74, 6) is 1.08. The van der Waals surface area contributed by atoms with Crippen molar-refractivity contribution >= 4 is 17.5 Å². The molecule has 4 rings (SSSR count). The Balaban J connectivity index is 1.51. The third-order valence-corrected chi connectivity index (χ3v) is 6.70. The molecule has 1 aliphatic heterocycles. The molecule has 1 N–H and O–H groups in total. The number of hydrogen-bond acceptors (Lipinski definition) is 3. The predicted molar refractivity (Wildman–Crippen MR) is 111 cm³/mol. The summed E-state index contributed by atoms with van der Waals surface area (Å²) in [6.07, 6.45) is 9.40. The van der Waals surface area contributed by atoms with E-state index in [1.807, 2.05) is 36.4 Å². The maximum atomic E-state index is 13.4. The highest BCUT2D eigenvalue weighted by molar-refractivity contribution is 6.30. The number of likely N-dealkylation sites (tertiary alicyclic amines) is 1. The quantitative estimate of drug-likeness (QED) is 0.734. The third kappa shape index (κ3) is 3.99. The van der Waals surface area contributed by atoms with Gasteiger partial charge in [0.15, 0.2) is 0 Å². The average Bonchev–Trinajstić information content (AvgIpc) is 3.42. The number of halogens is 1. The number of nitrogens with one attached hydrogen (secondary N) is 1. The van der Waals surface area contributed by atoms with Gasteiger partial charge in [-0.3, -0.25) is 9.69 Å². The molecule has 2 heterocycles. The Bertz CT molecular complexity index is 760. The Labute approximate surface area is 172 Å². The Morgan fingerprint density at radius 2 is 1.79 bits per heavy atom. The van der Waals surface area contributed by atoms with Crippen LogP contribution in [0.25, 0.3) is 0 Å². The summed E-state index contributed by atoms with van der Waals surface area (Å²) >= 11 is 6.07. The maximum absolute atomic E-state index is 13.4. The van der Waals surface area contributed by atoms with Gasteiger partial charge in [-0.2, -0.15) is 0 Å². The summed E-state index contributed by atoms with van der Waals surface area (Å²) in [5, 5.41) is 4.00. The topological polar surface area (TPSA) is 45.5 Å². The Kier molecular flexibility index (Phi) is 6.07. The molecule has 1 amide bonds. The van der Waals surface area contributed by atoms with Crippen molar-refractivity contribution in [2.75, 3.05) is 19.6 Å². The fraction of sp³-hybridized carbons (Fsp3) is 0.522. The van der Waals surface area contributed by atoms with Crippen LogP contribution in [0.5, 0.6) is 0 Å². The molecule has 0 spiro atoms. The lowest BCUT2D eigenvalue weighted by Crippen LogP contribution is -2.46. The van der Waals surface area contributed by atoms with E-state index in [4.69, 9.17) is 16.0 Å². The molecule has 1 aromatic heterocycles. The van der Waals surface area contributed by atoms with E-state index >= 15 is 0 Å². The number of nitrogens with zero attached hydrogens (tertiary/aromatic N) is 1. The van der Waals surface area contributed by atoms with Gasteiger partial charge in [-0.25, -0.2) is 0 Å². The Hall–Kier alpha value is -1.78. The SMILES string of the molecule is O=C(NC[C@H](c1ccco1)N1CCCCC1)C1(c2ccc(Cl)cc2)CCCC1. The van der Waals surface area contributed by atoms with E-state index in [1.165, 1.54) is 19.3 Å². The molecule has 0 bridgehead atoms. The first kappa shape index (κ1) is 19.5. The number of furan rings is 1. The van der Waals surface area contributed by atoms with Crippen molar-refractivity contribution in [1.29, 1.82) is 0 Å². The average molecular weight is 401 g/mol. The van der Waals surface area contributed by atoms with Gasteiger partial charge in [0, 0.05) is 11.6 Å². The molecule has 1 saturated heterocycles. The number of piperidine rings is 1. The van der Waals surface area contributed by atoms with Crippen molar-refractivity contribution in [2.24, 2.45) is 0 Å². The van der Waals surface area contributed by atoms with Crippen molar-refractivity contribution in [1.82, 2.24) is 10.2 Å². The molecule has 1 aromatic carbocycles. The highest BCUT2D eigenvalue weighted by Crippen LogP contribution is 2.42. The summed E-state index contributed by atoms with van der Waals surface area (Å²) < 4.78 is 5.72. The van der Waals surface area contributed by atoms with E-state index in [9.17, 15) is 4.79 Å². The smallest absolute Gasteiger partial charge is 0.230 e. The molecule has 4 nitrogen and oxygen atoms in total. The lowest BCUT2D eigenvalue weighted by atomic mass is 9.78. The van der Waals surface area contributed by atoms with E-state index < -0.39 is 5.41 Å². The summed E-state index contributed by atoms with van der Waals surface area (Å²) in [5.41, 5.74) is 0.652. The van der Waals surface area contributed by atoms with Crippen molar-refractivity contribution in [3.05, 3.63) is 59.0 Å². The lowest BCUT2D eigenvalue weighted by Gasteiger charge is -2.35. The first-order valence-corrected chi connectivity index (χ1v) is 10.9. The lowest BCUT2D eigenvalue weighted by molar-refractivity contribution is -0.127. The van der Waals surface area contributed by atoms with Crippen molar-refractivity contribution in [3.8, 4) is 0 Å². The summed E-state index contributed by atoms with van der Waals surface area (Å²) in [7, 11) is 0. The van der Waals surface area contributed by atoms with E-state index in [1.54, 1.807) is 6.26 Å². The van der Waals surface area contributed by atoms with Crippen LogP contribution in [0.2, 0.25) is 5.02 Å². The molecular weight excluding hydrogens is 372 g/mol. The molecule has 150 valence electrons. The molecular formula is C23H29ClN2O2. The van der Waals surface area contributed by atoms with Gasteiger partial charge in [0.1, 0.15) is 5.76 Å². The number of carbonyl (C=O) groups excluding carboxylic acids is 1. The fourth-order valence-electron chi connectivity index (χ4n) is 4.87. The minimum atomic E-state index is -0.430. The zero-order valence-corrected chi connectivity index (χ0v) is 17.1. The number of amides is 1. The zero-order chi connectivity index (χ0) is 19.4. The minimum Gasteiger partial charge on any atom is -0.468 e. The molecule has 2 fully saturated rings. The van der Waals surface area contributed by atoms with Gasteiger partial charge in [0.05, 0.1) is 17.7 Å². The summed E-state index contributed by atoms with van der Waals surface area (Å²) in [4.78, 5) is 15.9. The van der Waals surface area contributed by atoms with Crippen LogP contribution in [-0.4, -0.2) is 30.4 Å². The van der Waals surface area contributed by atoms with E-state index in [2.05, 4.69) is 10.2 Å². The maximum Gasteiger partial charge on any atom is 0.230 e. The normalized spacial score (nSPS) is 20.8. The van der Waals surface area contributed by atoms with Gasteiger partial charge in [0.2, 0.25) is 5.91 Å². The standard InChI is InChI=1S/C23H29ClN2O2/c24-19-10-8-18(9-11-19)23(12-2-3-13-23)22(27)25-17-20(21-7-6-16-28-21)26-14-4-1-5-15-26/h6-11,16,20H,1-5,12-15,17H2,(H,25,27)/t20-/m1/s1. The summed E-state index contributed by atoms with van der Waals surface area (Å²) in [6.45, 7) is 2.70. The highest BCUT2D eigenvalue weighted by atomic mass is 35.5. The molecule has 1 atom stereocenters. The van der Waals surface area contributed by atoms with E-state index in [0.29, 0.717) is 11.6 Å². The first-order chi connectivity index (χ1) is 13.7. The predicted octanol–water partition coefficient (Wildman–Crippen LogP) is 5.09. The third-order valence-electron chi connectivity index (χ3n) is 6.45. The van der Waals surface area contributed by atoms with Gasteiger partial charge >= 0.3 is 0 Å². The van der Waals surface area contributed by atoms with Crippen LogP contribution in [0.3, 0.4) is 0 Å². The molecule has 5 heteroatoms. The highest BCUT2D eigenvalue weighted by Gasteiger charge is 2.43. The van der Waals surface area contributed by atoms with Crippen LogP contribution >= 0.6 is 11.6 Å². The second-order valence-corrected chi connectivity index (χ2v) is 8.57. The zero-order valence-electron chi connectivity index (χ0n) is 16.3. The van der Waals surface area contributed by atoms with Crippen molar-refractivity contribution < 1.29 is 9.21 Å². The van der Waals surface area contributed by atoms with Crippen molar-refractivity contribution in [3.63, 3.8) is 0 Å². The van der Waals surface area contributed by atoms with Crippen LogP contribution in [0.4, 0.5) is 0 Å². The van der Waals surface area contributed by atoms with Gasteiger partial charge in [0.25, 0.3) is 0 Å². The van der Waals surface area contributed by atoms with Crippen LogP contribution < -0.4 is 5.32 Å². The van der Waals surface area contributed by atoms with E-state index in [-0.39, 0.29) is 11.9 Å². The number of carbonyl (C=O) groups is 1. The van der Waals surface area contributed by atoms with Crippen molar-refractivity contribution in [2.45, 2.75) is 56.4 Å². The fourth-order valence-corrected chi connectivity index (χ4v) is 5.00. The largest absolute Gasteiger partial charge is 0.468 e. The van der Waals surface area contributed by atoms with Crippen LogP contribution in [-0.2, 0) is 10.2 Å². The van der Waals surface area contributed by atoms with Gasteiger partial charge in [-0.05, 0) is 68.6 Å². The second-order valence-electron chi connectivity index (χ2n) is 8.13. The summed E-state index contributed by atoms with van der Waals surface area (Å²) in [6, 6.07) is 11.9. The minimum absolute atomic E-state index is 0.0999. The van der Waals surface area contributed by atoms with Crippen LogP contribution in [0, 0.1) is 0 Å². The molecule has 2 aliphatic rings. The molecule has 0 unspecified atom stereocenters. The molecule has 1 aliphatic carbocycles. The first-order valence-electron chi connectivity index (χ1n) is 10.5. The van der Waals surface area contributed by atoms with Crippen LogP contribution in [0.1, 0.15) is 62.3 Å². The monoisotopic (exact) mass is 400 g/mol.